The normalized spacial score (nSPS) is 11.4. The Kier molecular flexibility index (Phi) is 17.1. The van der Waals surface area contributed by atoms with Gasteiger partial charge in [0.15, 0.2) is 0 Å². The van der Waals surface area contributed by atoms with E-state index in [9.17, 15) is 24.0 Å². The van der Waals surface area contributed by atoms with Crippen LogP contribution in [0.2, 0.25) is 0 Å². The fourth-order valence-electron chi connectivity index (χ4n) is 3.77. The van der Waals surface area contributed by atoms with Crippen LogP contribution in [0.15, 0.2) is 24.3 Å². The van der Waals surface area contributed by atoms with E-state index in [4.69, 9.17) is 4.74 Å². The highest BCUT2D eigenvalue weighted by Crippen LogP contribution is 2.09. The topological polar surface area (TPSA) is 125 Å². The molecule has 1 aromatic rings. The summed E-state index contributed by atoms with van der Waals surface area (Å²) in [5.74, 6) is 0.124. The van der Waals surface area contributed by atoms with Crippen molar-refractivity contribution < 1.29 is 28.7 Å². The van der Waals surface area contributed by atoms with E-state index in [1.807, 2.05) is 31.2 Å². The van der Waals surface area contributed by atoms with Crippen molar-refractivity contribution in [3.8, 4) is 0 Å². The maximum atomic E-state index is 12.4. The molecular formula is C30H48N4O6. The van der Waals surface area contributed by atoms with Crippen molar-refractivity contribution in [1.82, 2.24) is 20.4 Å². The van der Waals surface area contributed by atoms with Crippen LogP contribution in [0.25, 0.3) is 0 Å². The van der Waals surface area contributed by atoms with Crippen LogP contribution in [0.1, 0.15) is 70.4 Å². The summed E-state index contributed by atoms with van der Waals surface area (Å²) in [5, 5.41) is 5.64. The Bertz CT molecular complexity index is 950. The molecule has 1 unspecified atom stereocenters. The van der Waals surface area contributed by atoms with Crippen molar-refractivity contribution in [3.05, 3.63) is 35.4 Å². The molecule has 0 bridgehead atoms. The maximum absolute atomic E-state index is 12.4. The highest BCUT2D eigenvalue weighted by molar-refractivity contribution is 5.81. The standard InChI is InChI=1S/C30H48N4O6/c1-6-27(36)15-17-31-28(37)20-25-11-13-26(14-12-25)21-34(5)29(38)22-40-19-9-18-33(4)30(39)32-16-8-7-10-23(2)24(3)35/h11-14,23H,6-10,15-22H2,1-5H3,(H,31,37)(H,32,39). The van der Waals surface area contributed by atoms with Crippen LogP contribution in [-0.4, -0.2) is 86.2 Å². The fraction of sp³-hybridized carbons (Fsp3) is 0.633. The number of benzene rings is 1. The molecule has 10 nitrogen and oxygen atoms in total. The molecule has 4 amide bonds. The van der Waals surface area contributed by atoms with E-state index < -0.39 is 0 Å². The van der Waals surface area contributed by atoms with Gasteiger partial charge in [0.2, 0.25) is 11.8 Å². The number of carbonyl (C=O) groups is 5. The third-order valence-corrected chi connectivity index (χ3v) is 6.74. The Hall–Kier alpha value is -3.27. The lowest BCUT2D eigenvalue weighted by Gasteiger charge is -2.19. The molecule has 0 aliphatic carbocycles. The van der Waals surface area contributed by atoms with Crippen molar-refractivity contribution >= 4 is 29.4 Å². The number of nitrogens with one attached hydrogen (secondary N) is 2. The highest BCUT2D eigenvalue weighted by atomic mass is 16.5. The molecule has 0 radical (unpaired) electrons. The first-order valence-electron chi connectivity index (χ1n) is 14.2. The van der Waals surface area contributed by atoms with E-state index in [1.54, 1.807) is 37.7 Å². The molecule has 2 N–H and O–H groups in total. The number of ketones is 2. The number of urea groups is 1. The Morgan fingerprint density at radius 1 is 0.900 bits per heavy atom. The largest absolute Gasteiger partial charge is 0.372 e. The van der Waals surface area contributed by atoms with Crippen molar-refractivity contribution in [2.75, 3.05) is 46.9 Å². The molecule has 1 rings (SSSR count). The van der Waals surface area contributed by atoms with Crippen LogP contribution in [-0.2, 0) is 36.9 Å². The van der Waals surface area contributed by atoms with Crippen LogP contribution in [0.4, 0.5) is 4.79 Å². The summed E-state index contributed by atoms with van der Waals surface area (Å²) in [6.45, 7) is 7.53. The van der Waals surface area contributed by atoms with Gasteiger partial charge >= 0.3 is 6.03 Å². The molecule has 0 saturated heterocycles. The van der Waals surface area contributed by atoms with Gasteiger partial charge in [-0.05, 0) is 37.3 Å². The van der Waals surface area contributed by atoms with E-state index in [1.165, 1.54) is 0 Å². The summed E-state index contributed by atoms with van der Waals surface area (Å²) in [4.78, 5) is 62.4. The zero-order valence-electron chi connectivity index (χ0n) is 24.9. The number of rotatable bonds is 20. The van der Waals surface area contributed by atoms with E-state index in [2.05, 4.69) is 10.6 Å². The average Bonchev–Trinajstić information content (AvgIpc) is 2.92. The van der Waals surface area contributed by atoms with Gasteiger partial charge in [-0.1, -0.05) is 44.5 Å². The second kappa shape index (κ2) is 19.7. The van der Waals surface area contributed by atoms with Gasteiger partial charge in [0.1, 0.15) is 18.2 Å². The zero-order valence-corrected chi connectivity index (χ0v) is 24.9. The number of amides is 4. The molecule has 0 aliphatic heterocycles. The molecule has 40 heavy (non-hydrogen) atoms. The average molecular weight is 561 g/mol. The molecule has 0 fully saturated rings. The molecule has 0 aromatic heterocycles. The third-order valence-electron chi connectivity index (χ3n) is 6.74. The van der Waals surface area contributed by atoms with Gasteiger partial charge in [-0.15, -0.1) is 0 Å². The molecule has 0 saturated carbocycles. The van der Waals surface area contributed by atoms with E-state index in [0.717, 1.165) is 30.4 Å². The Balaban J connectivity index is 2.20. The minimum atomic E-state index is -0.148. The second-order valence-corrected chi connectivity index (χ2v) is 10.3. The summed E-state index contributed by atoms with van der Waals surface area (Å²) in [7, 11) is 3.43. The molecule has 0 heterocycles. The zero-order chi connectivity index (χ0) is 29.9. The van der Waals surface area contributed by atoms with Gasteiger partial charge in [0, 0.05) is 65.6 Å². The summed E-state index contributed by atoms with van der Waals surface area (Å²) in [5.41, 5.74) is 1.80. The van der Waals surface area contributed by atoms with Crippen molar-refractivity contribution in [2.45, 2.75) is 72.3 Å². The lowest BCUT2D eigenvalue weighted by Crippen LogP contribution is -2.38. The Labute approximate surface area is 239 Å². The summed E-state index contributed by atoms with van der Waals surface area (Å²) in [6, 6.07) is 7.36. The summed E-state index contributed by atoms with van der Waals surface area (Å²) in [6.07, 6.45) is 4.25. The highest BCUT2D eigenvalue weighted by Gasteiger charge is 2.12. The number of ether oxygens (including phenoxy) is 1. The second-order valence-electron chi connectivity index (χ2n) is 10.3. The molecule has 1 aromatic carbocycles. The molecule has 0 spiro atoms. The minimum absolute atomic E-state index is 0.0378. The monoisotopic (exact) mass is 560 g/mol. The van der Waals surface area contributed by atoms with Crippen molar-refractivity contribution in [2.24, 2.45) is 5.92 Å². The van der Waals surface area contributed by atoms with Gasteiger partial charge in [-0.25, -0.2) is 4.79 Å². The van der Waals surface area contributed by atoms with Crippen LogP contribution in [0.3, 0.4) is 0 Å². The maximum Gasteiger partial charge on any atom is 0.317 e. The lowest BCUT2D eigenvalue weighted by molar-refractivity contribution is -0.135. The number of hydrogen-bond donors (Lipinski definition) is 2. The first kappa shape index (κ1) is 34.8. The first-order valence-corrected chi connectivity index (χ1v) is 14.2. The number of Topliss-reactive ketones (excluding diaryl/α,β-unsaturated/α-hetero) is 2. The number of carbonyl (C=O) groups excluding carboxylic acids is 5. The van der Waals surface area contributed by atoms with Gasteiger partial charge in [0.05, 0.1) is 6.42 Å². The van der Waals surface area contributed by atoms with E-state index in [-0.39, 0.29) is 48.4 Å². The Morgan fingerprint density at radius 3 is 2.23 bits per heavy atom. The molecule has 0 aliphatic rings. The van der Waals surface area contributed by atoms with Crippen LogP contribution >= 0.6 is 0 Å². The van der Waals surface area contributed by atoms with Gasteiger partial charge in [0.25, 0.3) is 0 Å². The number of nitrogens with zero attached hydrogens (tertiary/aromatic N) is 2. The number of unbranched alkanes of at least 4 members (excludes halogenated alkanes) is 1. The summed E-state index contributed by atoms with van der Waals surface area (Å²) < 4.78 is 5.51. The fourth-order valence-corrected chi connectivity index (χ4v) is 3.77. The van der Waals surface area contributed by atoms with Gasteiger partial charge in [-0.3, -0.25) is 19.2 Å². The van der Waals surface area contributed by atoms with Gasteiger partial charge < -0.3 is 25.2 Å². The van der Waals surface area contributed by atoms with Crippen molar-refractivity contribution in [1.29, 1.82) is 0 Å². The molecular weight excluding hydrogens is 512 g/mol. The lowest BCUT2D eigenvalue weighted by atomic mass is 10.0. The van der Waals surface area contributed by atoms with Crippen LogP contribution in [0.5, 0.6) is 0 Å². The minimum Gasteiger partial charge on any atom is -0.372 e. The van der Waals surface area contributed by atoms with Crippen LogP contribution in [0, 0.1) is 5.92 Å². The molecule has 1 atom stereocenters. The summed E-state index contributed by atoms with van der Waals surface area (Å²) >= 11 is 0. The first-order chi connectivity index (χ1) is 19.0. The Morgan fingerprint density at radius 2 is 1.57 bits per heavy atom. The smallest absolute Gasteiger partial charge is 0.317 e. The molecule has 10 heteroatoms. The SMILES string of the molecule is CCC(=O)CCNC(=O)Cc1ccc(CN(C)C(=O)COCCCN(C)C(=O)NCCCCC(C)C(C)=O)cc1. The van der Waals surface area contributed by atoms with E-state index >= 15 is 0 Å². The number of likely N-dealkylation sites (N-methyl/N-ethyl adjacent to an activating group) is 1. The third kappa shape index (κ3) is 15.4. The quantitative estimate of drug-likeness (QED) is 0.236. The number of hydrogen-bond acceptors (Lipinski definition) is 6. The predicted octanol–water partition coefficient (Wildman–Crippen LogP) is 3.12. The van der Waals surface area contributed by atoms with Crippen LogP contribution < -0.4 is 10.6 Å². The molecule has 224 valence electrons. The van der Waals surface area contributed by atoms with Gasteiger partial charge in [-0.2, -0.15) is 0 Å². The van der Waals surface area contributed by atoms with E-state index in [0.29, 0.717) is 52.0 Å². The predicted molar refractivity (Wildman–Crippen MR) is 155 cm³/mol. The van der Waals surface area contributed by atoms with Crippen molar-refractivity contribution in [3.63, 3.8) is 0 Å².